The number of rotatable bonds is 9. The summed E-state index contributed by atoms with van der Waals surface area (Å²) >= 11 is 0.945. The average molecular weight is 368 g/mol. The van der Waals surface area contributed by atoms with Crippen LogP contribution in [0.1, 0.15) is 20.8 Å². The molecule has 0 saturated heterocycles. The molecule has 0 aromatic heterocycles. The minimum Gasteiger partial charge on any atom is -0.497 e. The van der Waals surface area contributed by atoms with Crippen LogP contribution in [-0.2, 0) is 9.53 Å². The highest BCUT2D eigenvalue weighted by Crippen LogP contribution is 2.19. The first kappa shape index (κ1) is 21.0. The highest BCUT2D eigenvalue weighted by molar-refractivity contribution is 8.13. The standard InChI is InChI=1S/C17H24N2O5S/c1-5-23-11(2)16(19-13(4)21)10-25-17(22)24-15-8-6-14(7-9-15)18-12(3)20/h6-9,13,16,19,21H,2,5,10H2,1,3-4H3,(H,18,20). The number of carbonyl (C=O) groups excluding carboxylic acids is 2. The molecule has 8 heteroatoms. The van der Waals surface area contributed by atoms with Crippen molar-refractivity contribution in [2.75, 3.05) is 17.7 Å². The van der Waals surface area contributed by atoms with Gasteiger partial charge in [-0.15, -0.1) is 0 Å². The van der Waals surface area contributed by atoms with Gasteiger partial charge in [-0.1, -0.05) is 6.58 Å². The zero-order valence-electron chi connectivity index (χ0n) is 14.6. The second-order valence-electron chi connectivity index (χ2n) is 5.16. The molecule has 2 atom stereocenters. The number of anilines is 1. The first-order chi connectivity index (χ1) is 11.8. The van der Waals surface area contributed by atoms with E-state index in [1.165, 1.54) is 6.92 Å². The number of hydrogen-bond acceptors (Lipinski definition) is 7. The molecule has 0 aliphatic rings. The quantitative estimate of drug-likeness (QED) is 0.350. The van der Waals surface area contributed by atoms with Gasteiger partial charge in [0.25, 0.3) is 0 Å². The van der Waals surface area contributed by atoms with Crippen LogP contribution in [0.5, 0.6) is 5.75 Å². The summed E-state index contributed by atoms with van der Waals surface area (Å²) in [6, 6.07) is 6.08. The highest BCUT2D eigenvalue weighted by Gasteiger charge is 2.18. The average Bonchev–Trinajstić information content (AvgIpc) is 2.52. The molecular weight excluding hydrogens is 344 g/mol. The first-order valence-electron chi connectivity index (χ1n) is 7.79. The number of aliphatic hydroxyl groups excluding tert-OH is 1. The molecule has 0 heterocycles. The molecule has 0 spiro atoms. The van der Waals surface area contributed by atoms with Gasteiger partial charge in [0.1, 0.15) is 17.7 Å². The van der Waals surface area contributed by atoms with Gasteiger partial charge >= 0.3 is 5.30 Å². The van der Waals surface area contributed by atoms with E-state index in [1.807, 2.05) is 6.92 Å². The molecule has 0 bridgehead atoms. The summed E-state index contributed by atoms with van der Waals surface area (Å²) in [4.78, 5) is 22.9. The lowest BCUT2D eigenvalue weighted by atomic mass is 10.3. The lowest BCUT2D eigenvalue weighted by molar-refractivity contribution is -0.114. The fraction of sp³-hybridized carbons (Fsp3) is 0.412. The lowest BCUT2D eigenvalue weighted by Gasteiger charge is -2.21. The van der Waals surface area contributed by atoms with Crippen molar-refractivity contribution in [2.45, 2.75) is 33.0 Å². The number of hydrogen-bond donors (Lipinski definition) is 3. The summed E-state index contributed by atoms with van der Waals surface area (Å²) in [5.41, 5.74) is 0.620. The lowest BCUT2D eigenvalue weighted by Crippen LogP contribution is -2.40. The van der Waals surface area contributed by atoms with Crippen molar-refractivity contribution in [1.29, 1.82) is 0 Å². The van der Waals surface area contributed by atoms with Gasteiger partial charge in [-0.25, -0.2) is 4.79 Å². The highest BCUT2D eigenvalue weighted by atomic mass is 32.2. The number of ether oxygens (including phenoxy) is 2. The number of aliphatic hydroxyl groups is 1. The largest absolute Gasteiger partial charge is 0.497 e. The summed E-state index contributed by atoms with van der Waals surface area (Å²) in [5.74, 6) is 0.942. The smallest absolute Gasteiger partial charge is 0.372 e. The Bertz CT molecular complexity index is 589. The van der Waals surface area contributed by atoms with E-state index in [0.717, 1.165) is 11.8 Å². The minimum absolute atomic E-state index is 0.175. The zero-order valence-corrected chi connectivity index (χ0v) is 15.4. The Labute approximate surface area is 151 Å². The molecule has 1 rings (SSSR count). The van der Waals surface area contributed by atoms with E-state index in [2.05, 4.69) is 17.2 Å². The van der Waals surface area contributed by atoms with Crippen LogP contribution in [0.2, 0.25) is 0 Å². The van der Waals surface area contributed by atoms with Crippen LogP contribution in [0.25, 0.3) is 0 Å². The van der Waals surface area contributed by atoms with E-state index in [9.17, 15) is 14.7 Å². The molecule has 0 radical (unpaired) electrons. The molecule has 25 heavy (non-hydrogen) atoms. The third-order valence-corrected chi connectivity index (χ3v) is 3.72. The Hall–Kier alpha value is -2.03. The topological polar surface area (TPSA) is 96.9 Å². The SMILES string of the molecule is C=C(OCC)C(CSC(=O)Oc1ccc(NC(C)=O)cc1)NC(C)O. The molecule has 2 unspecified atom stereocenters. The van der Waals surface area contributed by atoms with Crippen LogP contribution in [0.3, 0.4) is 0 Å². The zero-order chi connectivity index (χ0) is 18.8. The van der Waals surface area contributed by atoms with Crippen LogP contribution in [0, 0.1) is 0 Å². The Morgan fingerprint density at radius 3 is 2.48 bits per heavy atom. The Kier molecular flexibility index (Phi) is 9.04. The summed E-state index contributed by atoms with van der Waals surface area (Å²) in [6.45, 7) is 9.07. The van der Waals surface area contributed by atoms with E-state index in [-0.39, 0.29) is 11.9 Å². The molecule has 0 saturated carbocycles. The third kappa shape index (κ3) is 8.57. The molecule has 0 aliphatic heterocycles. The van der Waals surface area contributed by atoms with Crippen molar-refractivity contribution in [3.05, 3.63) is 36.6 Å². The monoisotopic (exact) mass is 368 g/mol. The van der Waals surface area contributed by atoms with Gasteiger partial charge in [-0.05, 0) is 49.9 Å². The molecule has 0 fully saturated rings. The normalized spacial score (nSPS) is 12.8. The molecular formula is C17H24N2O5S. The van der Waals surface area contributed by atoms with Crippen LogP contribution in [0.15, 0.2) is 36.6 Å². The number of nitrogens with one attached hydrogen (secondary N) is 2. The minimum atomic E-state index is -0.764. The van der Waals surface area contributed by atoms with Gasteiger partial charge in [0, 0.05) is 18.4 Å². The summed E-state index contributed by atoms with van der Waals surface area (Å²) in [7, 11) is 0. The van der Waals surface area contributed by atoms with E-state index < -0.39 is 11.5 Å². The van der Waals surface area contributed by atoms with Gasteiger partial charge in [-0.2, -0.15) is 0 Å². The first-order valence-corrected chi connectivity index (χ1v) is 8.78. The predicted octanol–water partition coefficient (Wildman–Crippen LogP) is 2.72. The molecule has 3 N–H and O–H groups in total. The van der Waals surface area contributed by atoms with Crippen molar-refractivity contribution < 1.29 is 24.2 Å². The van der Waals surface area contributed by atoms with Gasteiger partial charge in [-0.3, -0.25) is 10.1 Å². The van der Waals surface area contributed by atoms with Gasteiger partial charge in [0.05, 0.1) is 12.6 Å². The predicted molar refractivity (Wildman–Crippen MR) is 98.6 cm³/mol. The van der Waals surface area contributed by atoms with Crippen molar-refractivity contribution in [3.8, 4) is 5.75 Å². The van der Waals surface area contributed by atoms with Gasteiger partial charge < -0.3 is 19.9 Å². The number of thioether (sulfide) groups is 1. The Morgan fingerprint density at radius 2 is 1.96 bits per heavy atom. The number of carbonyl (C=O) groups is 2. The van der Waals surface area contributed by atoms with E-state index in [0.29, 0.717) is 29.6 Å². The summed E-state index contributed by atoms with van der Waals surface area (Å²) in [6.07, 6.45) is -0.764. The summed E-state index contributed by atoms with van der Waals surface area (Å²) < 4.78 is 10.6. The molecule has 1 aromatic rings. The molecule has 138 valence electrons. The second-order valence-corrected chi connectivity index (χ2v) is 6.12. The van der Waals surface area contributed by atoms with Gasteiger partial charge in [0.15, 0.2) is 0 Å². The van der Waals surface area contributed by atoms with Crippen LogP contribution < -0.4 is 15.4 Å². The van der Waals surface area contributed by atoms with Crippen molar-refractivity contribution >= 4 is 28.7 Å². The van der Waals surface area contributed by atoms with Crippen molar-refractivity contribution in [2.24, 2.45) is 0 Å². The van der Waals surface area contributed by atoms with E-state index >= 15 is 0 Å². The van der Waals surface area contributed by atoms with Gasteiger partial charge in [0.2, 0.25) is 5.91 Å². The fourth-order valence-electron chi connectivity index (χ4n) is 1.90. The molecule has 1 aromatic carbocycles. The fourth-order valence-corrected chi connectivity index (χ4v) is 2.64. The second kappa shape index (κ2) is 10.8. The van der Waals surface area contributed by atoms with Crippen molar-refractivity contribution in [1.82, 2.24) is 5.32 Å². The van der Waals surface area contributed by atoms with E-state index in [4.69, 9.17) is 9.47 Å². The third-order valence-electron chi connectivity index (χ3n) is 2.90. The maximum absolute atomic E-state index is 12.0. The maximum atomic E-state index is 12.0. The number of benzene rings is 1. The Balaban J connectivity index is 2.53. The van der Waals surface area contributed by atoms with Crippen LogP contribution in [-0.4, -0.2) is 40.9 Å². The maximum Gasteiger partial charge on any atom is 0.372 e. The van der Waals surface area contributed by atoms with Crippen molar-refractivity contribution in [3.63, 3.8) is 0 Å². The van der Waals surface area contributed by atoms with Crippen LogP contribution >= 0.6 is 11.8 Å². The van der Waals surface area contributed by atoms with Crippen LogP contribution in [0.4, 0.5) is 10.5 Å². The summed E-state index contributed by atoms with van der Waals surface area (Å²) in [5, 5.41) is 14.5. The number of amides is 1. The van der Waals surface area contributed by atoms with E-state index in [1.54, 1.807) is 31.2 Å². The Morgan fingerprint density at radius 1 is 1.32 bits per heavy atom. The molecule has 1 amide bonds. The molecule has 0 aliphatic carbocycles. The molecule has 7 nitrogen and oxygen atoms in total.